The van der Waals surface area contributed by atoms with E-state index in [0.29, 0.717) is 18.8 Å². The van der Waals surface area contributed by atoms with Gasteiger partial charge in [0.25, 0.3) is 0 Å². The minimum atomic E-state index is -0.616. The number of rotatable bonds is 2. The van der Waals surface area contributed by atoms with E-state index in [2.05, 4.69) is 26.6 Å². The zero-order valence-corrected chi connectivity index (χ0v) is 17.5. The highest BCUT2D eigenvalue weighted by atomic mass is 16.5. The van der Waals surface area contributed by atoms with Gasteiger partial charge in [-0.1, -0.05) is 23.8 Å². The van der Waals surface area contributed by atoms with Crippen molar-refractivity contribution in [2.24, 2.45) is 0 Å². The number of ether oxygens (including phenoxy) is 1. The van der Waals surface area contributed by atoms with Gasteiger partial charge in [0.05, 0.1) is 25.0 Å². The smallest absolute Gasteiger partial charge is 0.166 e. The molecule has 3 aromatic heterocycles. The minimum Gasteiger partial charge on any atom is -0.479 e. The van der Waals surface area contributed by atoms with Crippen molar-refractivity contribution in [3.8, 4) is 28.4 Å². The quantitative estimate of drug-likeness (QED) is 0.520. The fourth-order valence-corrected chi connectivity index (χ4v) is 4.16. The number of nitrogens with two attached hydrogens (primary N) is 1. The standard InChI is InChI=1S/C23H24N6O2/c1-3-29-21-15-9-19(22(24)26-10-15)31-20(13-30)18-8-14(2)4-5-17(18)23-25-6-7-28(23)12-16(21)11-27-29/h4-11,20,30H,3,12-13H2,1-2H3,(H2,24,26). The summed E-state index contributed by atoms with van der Waals surface area (Å²) in [7, 11) is 0. The van der Waals surface area contributed by atoms with Crippen LogP contribution in [0.25, 0.3) is 22.6 Å². The van der Waals surface area contributed by atoms with Crippen LogP contribution < -0.4 is 10.5 Å². The topological polar surface area (TPSA) is 104 Å². The van der Waals surface area contributed by atoms with Crippen LogP contribution in [0.4, 0.5) is 5.82 Å². The molecule has 1 unspecified atom stereocenters. The predicted molar refractivity (Wildman–Crippen MR) is 118 cm³/mol. The number of fused-ring (bicyclic) bond motifs is 7. The Bertz CT molecular complexity index is 1260. The van der Waals surface area contributed by atoms with E-state index in [-0.39, 0.29) is 12.4 Å². The molecule has 0 spiro atoms. The van der Waals surface area contributed by atoms with Gasteiger partial charge in [-0.15, -0.1) is 0 Å². The number of aliphatic hydroxyl groups excluding tert-OH is 1. The van der Waals surface area contributed by atoms with E-state index < -0.39 is 6.10 Å². The third-order valence-corrected chi connectivity index (χ3v) is 5.66. The Labute approximate surface area is 179 Å². The van der Waals surface area contributed by atoms with E-state index in [4.69, 9.17) is 10.5 Å². The first-order valence-corrected chi connectivity index (χ1v) is 10.3. The summed E-state index contributed by atoms with van der Waals surface area (Å²) >= 11 is 0. The molecule has 8 nitrogen and oxygen atoms in total. The molecule has 2 bridgehead atoms. The van der Waals surface area contributed by atoms with Crippen LogP contribution >= 0.6 is 0 Å². The Morgan fingerprint density at radius 2 is 2.10 bits per heavy atom. The van der Waals surface area contributed by atoms with E-state index in [9.17, 15) is 5.11 Å². The Kier molecular flexibility index (Phi) is 4.71. The van der Waals surface area contributed by atoms with Gasteiger partial charge >= 0.3 is 0 Å². The molecule has 31 heavy (non-hydrogen) atoms. The number of hydrogen-bond donors (Lipinski definition) is 2. The molecule has 158 valence electrons. The fourth-order valence-electron chi connectivity index (χ4n) is 4.16. The van der Waals surface area contributed by atoms with Gasteiger partial charge in [0.1, 0.15) is 11.9 Å². The average molecular weight is 416 g/mol. The summed E-state index contributed by atoms with van der Waals surface area (Å²) in [5, 5.41) is 14.8. The third kappa shape index (κ3) is 3.25. The first-order chi connectivity index (χ1) is 15.1. The number of aromatic nitrogens is 5. The number of hydrogen-bond acceptors (Lipinski definition) is 6. The fraction of sp³-hybridized carbons (Fsp3) is 0.261. The molecule has 0 saturated carbocycles. The first-order valence-electron chi connectivity index (χ1n) is 10.3. The van der Waals surface area contributed by atoms with Crippen LogP contribution in [0.5, 0.6) is 5.75 Å². The van der Waals surface area contributed by atoms with Gasteiger partial charge < -0.3 is 20.1 Å². The summed E-state index contributed by atoms with van der Waals surface area (Å²) in [5.41, 5.74) is 11.8. The monoisotopic (exact) mass is 416 g/mol. The van der Waals surface area contributed by atoms with Gasteiger partial charge in [-0.2, -0.15) is 5.10 Å². The number of aliphatic hydroxyl groups is 1. The van der Waals surface area contributed by atoms with Crippen LogP contribution in [-0.4, -0.2) is 36.0 Å². The lowest BCUT2D eigenvalue weighted by atomic mass is 9.98. The Hall–Kier alpha value is -3.65. The van der Waals surface area contributed by atoms with Crippen molar-refractivity contribution in [1.82, 2.24) is 24.3 Å². The van der Waals surface area contributed by atoms with Gasteiger partial charge in [-0.05, 0) is 19.9 Å². The van der Waals surface area contributed by atoms with Crippen molar-refractivity contribution in [3.05, 3.63) is 65.7 Å². The summed E-state index contributed by atoms with van der Waals surface area (Å²) in [6, 6.07) is 7.96. The van der Waals surface area contributed by atoms with Gasteiger partial charge in [0, 0.05) is 47.4 Å². The molecule has 4 heterocycles. The number of nitrogen functional groups attached to an aromatic ring is 1. The lowest BCUT2D eigenvalue weighted by Gasteiger charge is -2.23. The highest BCUT2D eigenvalue weighted by molar-refractivity contribution is 5.68. The number of nitrogens with zero attached hydrogens (tertiary/aromatic N) is 5. The number of anilines is 1. The zero-order chi connectivity index (χ0) is 21.5. The normalized spacial score (nSPS) is 15.1. The maximum absolute atomic E-state index is 10.2. The molecule has 0 fully saturated rings. The van der Waals surface area contributed by atoms with Crippen molar-refractivity contribution in [3.63, 3.8) is 0 Å². The summed E-state index contributed by atoms with van der Waals surface area (Å²) in [6.07, 6.45) is 6.75. The number of imidazole rings is 1. The van der Waals surface area contributed by atoms with Crippen LogP contribution in [0, 0.1) is 6.92 Å². The molecule has 5 rings (SSSR count). The second-order valence-electron chi connectivity index (χ2n) is 7.70. The first kappa shape index (κ1) is 19.3. The van der Waals surface area contributed by atoms with Crippen molar-refractivity contribution < 1.29 is 9.84 Å². The average Bonchev–Trinajstić information content (AvgIpc) is 3.39. The third-order valence-electron chi connectivity index (χ3n) is 5.66. The number of pyridine rings is 1. The van der Waals surface area contributed by atoms with E-state index >= 15 is 0 Å². The van der Waals surface area contributed by atoms with Crippen molar-refractivity contribution in [2.45, 2.75) is 33.0 Å². The molecule has 1 aliphatic heterocycles. The summed E-state index contributed by atoms with van der Waals surface area (Å²) in [5.74, 6) is 1.52. The Morgan fingerprint density at radius 3 is 2.90 bits per heavy atom. The molecular formula is C23H24N6O2. The molecule has 3 N–H and O–H groups in total. The lowest BCUT2D eigenvalue weighted by Crippen LogP contribution is -2.16. The van der Waals surface area contributed by atoms with Crippen LogP contribution in [0.1, 0.15) is 29.7 Å². The van der Waals surface area contributed by atoms with Crippen molar-refractivity contribution in [2.75, 3.05) is 12.3 Å². The number of aryl methyl sites for hydroxylation is 2. The molecule has 4 aromatic rings. The predicted octanol–water partition coefficient (Wildman–Crippen LogP) is 3.19. The van der Waals surface area contributed by atoms with E-state index in [1.165, 1.54) is 0 Å². The molecule has 0 amide bonds. The Balaban J connectivity index is 1.80. The van der Waals surface area contributed by atoms with Crippen LogP contribution in [0.3, 0.4) is 0 Å². The zero-order valence-electron chi connectivity index (χ0n) is 17.5. The van der Waals surface area contributed by atoms with E-state index in [1.54, 1.807) is 12.4 Å². The molecule has 0 radical (unpaired) electrons. The van der Waals surface area contributed by atoms with Crippen molar-refractivity contribution >= 4 is 5.82 Å². The molecule has 0 aliphatic carbocycles. The maximum atomic E-state index is 10.2. The molecular weight excluding hydrogens is 392 g/mol. The van der Waals surface area contributed by atoms with Gasteiger partial charge in [-0.25, -0.2) is 9.97 Å². The largest absolute Gasteiger partial charge is 0.479 e. The van der Waals surface area contributed by atoms with Gasteiger partial charge in [0.15, 0.2) is 11.6 Å². The minimum absolute atomic E-state index is 0.209. The van der Waals surface area contributed by atoms with Gasteiger partial charge in [0.2, 0.25) is 0 Å². The van der Waals surface area contributed by atoms with Crippen LogP contribution in [-0.2, 0) is 13.1 Å². The summed E-state index contributed by atoms with van der Waals surface area (Å²) < 4.78 is 10.3. The maximum Gasteiger partial charge on any atom is 0.166 e. The molecule has 1 atom stereocenters. The second kappa shape index (κ2) is 7.55. The second-order valence-corrected chi connectivity index (χ2v) is 7.70. The summed E-state index contributed by atoms with van der Waals surface area (Å²) in [6.45, 7) is 5.17. The lowest BCUT2D eigenvalue weighted by molar-refractivity contribution is 0.117. The Morgan fingerprint density at radius 1 is 1.23 bits per heavy atom. The highest BCUT2D eigenvalue weighted by Crippen LogP contribution is 2.36. The molecule has 0 saturated heterocycles. The number of benzene rings is 1. The highest BCUT2D eigenvalue weighted by Gasteiger charge is 2.24. The summed E-state index contributed by atoms with van der Waals surface area (Å²) in [4.78, 5) is 9.00. The van der Waals surface area contributed by atoms with E-state index in [1.807, 2.05) is 48.3 Å². The van der Waals surface area contributed by atoms with Crippen LogP contribution in [0.2, 0.25) is 0 Å². The molecule has 1 aliphatic rings. The molecule has 1 aromatic carbocycles. The van der Waals surface area contributed by atoms with Crippen LogP contribution in [0.15, 0.2) is 49.1 Å². The van der Waals surface area contributed by atoms with Crippen molar-refractivity contribution in [1.29, 1.82) is 0 Å². The van der Waals surface area contributed by atoms with E-state index in [0.717, 1.165) is 39.3 Å². The molecule has 8 heteroatoms. The SMILES string of the molecule is CCn1ncc2c1-c1cnc(N)c(c1)OC(CO)c1cc(C)ccc1-c1nccn1C2. The van der Waals surface area contributed by atoms with Gasteiger partial charge in [-0.3, -0.25) is 4.68 Å².